The summed E-state index contributed by atoms with van der Waals surface area (Å²) < 4.78 is 0. The van der Waals surface area contributed by atoms with Crippen LogP contribution in [-0.2, 0) is 0 Å². The van der Waals surface area contributed by atoms with E-state index in [0.29, 0.717) is 16.4 Å². The fourth-order valence-electron chi connectivity index (χ4n) is 0.925. The van der Waals surface area contributed by atoms with Gasteiger partial charge in [0.2, 0.25) is 0 Å². The predicted octanol–water partition coefficient (Wildman–Crippen LogP) is 3.59. The SMILES string of the molecule is Clc1ccncc1N=Nc1cncnc1Cl. The smallest absolute Gasteiger partial charge is 0.159 e. The number of hydrogen-bond acceptors (Lipinski definition) is 5. The summed E-state index contributed by atoms with van der Waals surface area (Å²) in [6.07, 6.45) is 5.87. The van der Waals surface area contributed by atoms with E-state index in [9.17, 15) is 0 Å². The monoisotopic (exact) mass is 253 g/mol. The van der Waals surface area contributed by atoms with Gasteiger partial charge in [0.25, 0.3) is 0 Å². The molecule has 0 spiro atoms. The van der Waals surface area contributed by atoms with Crippen LogP contribution in [0.3, 0.4) is 0 Å². The molecule has 0 saturated heterocycles. The molecule has 2 aromatic rings. The van der Waals surface area contributed by atoms with Crippen molar-refractivity contribution in [1.82, 2.24) is 15.0 Å². The molecule has 0 radical (unpaired) electrons. The molecule has 0 bridgehead atoms. The normalized spacial score (nSPS) is 10.9. The maximum Gasteiger partial charge on any atom is 0.159 e. The lowest BCUT2D eigenvalue weighted by molar-refractivity contribution is 1.12. The predicted molar refractivity (Wildman–Crippen MR) is 60.5 cm³/mol. The van der Waals surface area contributed by atoms with Gasteiger partial charge in [-0.2, -0.15) is 0 Å². The van der Waals surface area contributed by atoms with Crippen molar-refractivity contribution in [1.29, 1.82) is 0 Å². The Labute approximate surface area is 101 Å². The average molecular weight is 254 g/mol. The molecule has 2 heterocycles. The highest BCUT2D eigenvalue weighted by atomic mass is 35.5. The Morgan fingerprint density at radius 1 is 1.00 bits per heavy atom. The topological polar surface area (TPSA) is 63.4 Å². The molecule has 2 rings (SSSR count). The van der Waals surface area contributed by atoms with Gasteiger partial charge in [0.05, 0.1) is 17.4 Å². The molecule has 0 unspecified atom stereocenters. The first-order chi connectivity index (χ1) is 7.77. The third-order valence-electron chi connectivity index (χ3n) is 1.66. The summed E-state index contributed by atoms with van der Waals surface area (Å²) in [5, 5.41) is 8.48. The number of aromatic nitrogens is 3. The lowest BCUT2D eigenvalue weighted by atomic mass is 10.4. The summed E-state index contributed by atoms with van der Waals surface area (Å²) in [6, 6.07) is 1.62. The van der Waals surface area contributed by atoms with Gasteiger partial charge in [0, 0.05) is 6.20 Å². The minimum absolute atomic E-state index is 0.235. The first kappa shape index (κ1) is 10.9. The van der Waals surface area contributed by atoms with Gasteiger partial charge in [-0.3, -0.25) is 4.98 Å². The lowest BCUT2D eigenvalue weighted by Gasteiger charge is -1.95. The molecule has 0 aromatic carbocycles. The Morgan fingerprint density at radius 3 is 2.50 bits per heavy atom. The first-order valence-corrected chi connectivity index (χ1v) is 5.00. The Balaban J connectivity index is 2.29. The Kier molecular flexibility index (Phi) is 3.38. The van der Waals surface area contributed by atoms with Crippen LogP contribution in [0.1, 0.15) is 0 Å². The van der Waals surface area contributed by atoms with Gasteiger partial charge in [0.1, 0.15) is 17.7 Å². The van der Waals surface area contributed by atoms with Crippen molar-refractivity contribution in [2.75, 3.05) is 0 Å². The van der Waals surface area contributed by atoms with Crippen LogP contribution in [-0.4, -0.2) is 15.0 Å². The van der Waals surface area contributed by atoms with Crippen molar-refractivity contribution in [2.45, 2.75) is 0 Å². The largest absolute Gasteiger partial charge is 0.262 e. The molecule has 0 amide bonds. The number of rotatable bonds is 2. The van der Waals surface area contributed by atoms with E-state index in [2.05, 4.69) is 25.2 Å². The molecule has 0 saturated carbocycles. The number of halogens is 2. The van der Waals surface area contributed by atoms with Crippen molar-refractivity contribution in [3.63, 3.8) is 0 Å². The highest BCUT2D eigenvalue weighted by molar-refractivity contribution is 6.33. The van der Waals surface area contributed by atoms with Gasteiger partial charge in [0.15, 0.2) is 5.15 Å². The molecule has 0 fully saturated rings. The summed E-state index contributed by atoms with van der Waals surface area (Å²) in [4.78, 5) is 11.4. The van der Waals surface area contributed by atoms with Crippen molar-refractivity contribution in [2.24, 2.45) is 10.2 Å². The molecular weight excluding hydrogens is 249 g/mol. The van der Waals surface area contributed by atoms with Crippen molar-refractivity contribution in [3.8, 4) is 0 Å². The lowest BCUT2D eigenvalue weighted by Crippen LogP contribution is -1.77. The second kappa shape index (κ2) is 4.96. The average Bonchev–Trinajstić information content (AvgIpc) is 2.30. The summed E-state index contributed by atoms with van der Waals surface area (Å²) in [6.45, 7) is 0. The van der Waals surface area contributed by atoms with Gasteiger partial charge in [-0.15, -0.1) is 10.2 Å². The van der Waals surface area contributed by atoms with Crippen LogP contribution < -0.4 is 0 Å². The molecular formula is C9H5Cl2N5. The number of hydrogen-bond donors (Lipinski definition) is 0. The number of nitrogens with zero attached hydrogens (tertiary/aromatic N) is 5. The Bertz CT molecular complexity index is 481. The van der Waals surface area contributed by atoms with E-state index in [4.69, 9.17) is 23.2 Å². The van der Waals surface area contributed by atoms with E-state index in [0.717, 1.165) is 0 Å². The summed E-state index contributed by atoms with van der Waals surface area (Å²) in [7, 11) is 0. The van der Waals surface area contributed by atoms with E-state index in [1.807, 2.05) is 0 Å². The minimum Gasteiger partial charge on any atom is -0.262 e. The van der Waals surface area contributed by atoms with Crippen LogP contribution in [0.2, 0.25) is 10.2 Å². The van der Waals surface area contributed by atoms with Gasteiger partial charge in [-0.1, -0.05) is 23.2 Å². The molecule has 5 nitrogen and oxygen atoms in total. The molecule has 0 aliphatic heterocycles. The van der Waals surface area contributed by atoms with Crippen molar-refractivity contribution < 1.29 is 0 Å². The van der Waals surface area contributed by atoms with Crippen LogP contribution in [0, 0.1) is 0 Å². The quantitative estimate of drug-likeness (QED) is 0.607. The fourth-order valence-corrected chi connectivity index (χ4v) is 1.20. The molecule has 80 valence electrons. The van der Waals surface area contributed by atoms with E-state index >= 15 is 0 Å². The summed E-state index contributed by atoms with van der Waals surface area (Å²) in [5.74, 6) is 0. The van der Waals surface area contributed by atoms with Crippen LogP contribution in [0.15, 0.2) is 41.2 Å². The first-order valence-electron chi connectivity index (χ1n) is 4.24. The number of azo groups is 1. The van der Waals surface area contributed by atoms with Crippen LogP contribution in [0.4, 0.5) is 11.4 Å². The van der Waals surface area contributed by atoms with Crippen LogP contribution >= 0.6 is 23.2 Å². The van der Waals surface area contributed by atoms with E-state index < -0.39 is 0 Å². The highest BCUT2D eigenvalue weighted by Gasteiger charge is 2.00. The maximum atomic E-state index is 5.87. The van der Waals surface area contributed by atoms with Gasteiger partial charge in [-0.25, -0.2) is 9.97 Å². The number of pyridine rings is 1. The van der Waals surface area contributed by atoms with Crippen LogP contribution in [0.25, 0.3) is 0 Å². The molecule has 0 aliphatic rings. The maximum absolute atomic E-state index is 5.87. The third-order valence-corrected chi connectivity index (χ3v) is 2.27. The van der Waals surface area contributed by atoms with E-state index in [1.165, 1.54) is 18.7 Å². The highest BCUT2D eigenvalue weighted by Crippen LogP contribution is 2.26. The fraction of sp³-hybridized carbons (Fsp3) is 0. The second-order valence-electron chi connectivity index (χ2n) is 2.73. The zero-order chi connectivity index (χ0) is 11.4. The molecule has 0 aliphatic carbocycles. The Hall–Kier alpha value is -1.59. The van der Waals surface area contributed by atoms with E-state index in [1.54, 1.807) is 12.3 Å². The minimum atomic E-state index is 0.235. The molecule has 2 aromatic heterocycles. The Morgan fingerprint density at radius 2 is 1.75 bits per heavy atom. The van der Waals surface area contributed by atoms with Gasteiger partial charge < -0.3 is 0 Å². The summed E-state index contributed by atoms with van der Waals surface area (Å²) >= 11 is 11.6. The van der Waals surface area contributed by atoms with Crippen molar-refractivity contribution in [3.05, 3.63) is 41.2 Å². The van der Waals surface area contributed by atoms with Crippen LogP contribution in [0.5, 0.6) is 0 Å². The standard InChI is InChI=1S/C9H5Cl2N5/c10-6-1-2-12-3-7(6)15-16-8-4-13-5-14-9(8)11/h1-5H. The molecule has 0 N–H and O–H groups in total. The van der Waals surface area contributed by atoms with Gasteiger partial charge in [-0.05, 0) is 6.07 Å². The second-order valence-corrected chi connectivity index (χ2v) is 3.49. The summed E-state index contributed by atoms with van der Waals surface area (Å²) in [5.41, 5.74) is 0.841. The molecule has 0 atom stereocenters. The van der Waals surface area contributed by atoms with Gasteiger partial charge >= 0.3 is 0 Å². The zero-order valence-electron chi connectivity index (χ0n) is 7.88. The zero-order valence-corrected chi connectivity index (χ0v) is 9.39. The molecule has 7 heteroatoms. The van der Waals surface area contributed by atoms with Crippen molar-refractivity contribution >= 4 is 34.6 Å². The molecule has 16 heavy (non-hydrogen) atoms. The van der Waals surface area contributed by atoms with E-state index in [-0.39, 0.29) is 5.15 Å². The third kappa shape index (κ3) is 2.50.